The molecule has 0 saturated carbocycles. The zero-order valence-electron chi connectivity index (χ0n) is 11.1. The van der Waals surface area contributed by atoms with Gasteiger partial charge in [0.15, 0.2) is 0 Å². The zero-order chi connectivity index (χ0) is 12.1. The molecule has 0 bridgehead atoms. The van der Waals surface area contributed by atoms with E-state index in [1.54, 1.807) is 0 Å². The highest BCUT2D eigenvalue weighted by Gasteiger charge is 2.29. The van der Waals surface area contributed by atoms with Gasteiger partial charge in [-0.1, -0.05) is 13.8 Å². The van der Waals surface area contributed by atoms with E-state index in [0.717, 1.165) is 32.4 Å². The van der Waals surface area contributed by atoms with Gasteiger partial charge in [-0.3, -0.25) is 4.79 Å². The van der Waals surface area contributed by atoms with Crippen molar-refractivity contribution < 1.29 is 4.79 Å². The predicted molar refractivity (Wildman–Crippen MR) is 67.3 cm³/mol. The van der Waals surface area contributed by atoms with Crippen molar-refractivity contribution in [3.8, 4) is 0 Å². The second-order valence-corrected chi connectivity index (χ2v) is 5.36. The molecule has 3 nitrogen and oxygen atoms in total. The Hall–Kier alpha value is -0.570. The molecule has 0 aromatic carbocycles. The van der Waals surface area contributed by atoms with Gasteiger partial charge in [0.2, 0.25) is 5.91 Å². The van der Waals surface area contributed by atoms with Crippen molar-refractivity contribution in [3.05, 3.63) is 0 Å². The van der Waals surface area contributed by atoms with Gasteiger partial charge in [0, 0.05) is 24.5 Å². The molecule has 0 aliphatic carbocycles. The zero-order valence-corrected chi connectivity index (χ0v) is 11.1. The summed E-state index contributed by atoms with van der Waals surface area (Å²) in [6.45, 7) is 10.4. The number of rotatable bonds is 5. The summed E-state index contributed by atoms with van der Waals surface area (Å²) < 4.78 is 0. The molecule has 1 saturated heterocycles. The first kappa shape index (κ1) is 13.5. The van der Waals surface area contributed by atoms with Crippen LogP contribution in [-0.2, 0) is 4.79 Å². The van der Waals surface area contributed by atoms with Crippen molar-refractivity contribution >= 4 is 5.91 Å². The Morgan fingerprint density at radius 3 is 2.62 bits per heavy atom. The fraction of sp³-hybridized carbons (Fsp3) is 0.923. The molecule has 16 heavy (non-hydrogen) atoms. The van der Waals surface area contributed by atoms with Crippen LogP contribution in [0.25, 0.3) is 0 Å². The highest BCUT2D eigenvalue weighted by Crippen LogP contribution is 2.22. The van der Waals surface area contributed by atoms with Crippen LogP contribution in [0.1, 0.15) is 47.0 Å². The molecule has 0 aromatic rings. The minimum atomic E-state index is 0.252. The summed E-state index contributed by atoms with van der Waals surface area (Å²) >= 11 is 0. The summed E-state index contributed by atoms with van der Waals surface area (Å²) in [6.07, 6.45) is 3.22. The van der Waals surface area contributed by atoms with Crippen molar-refractivity contribution in [2.24, 2.45) is 5.92 Å². The number of piperidine rings is 1. The number of amides is 1. The standard InChI is InChI=1S/C13H26N2O/c1-10(2)14-8-7-12-6-5-9-15(11(3)4)13(12)16/h10-12,14H,5-9H2,1-4H3/t12-/m1/s1. The van der Waals surface area contributed by atoms with Crippen molar-refractivity contribution in [2.45, 2.75) is 59.0 Å². The lowest BCUT2D eigenvalue weighted by Crippen LogP contribution is -2.45. The fourth-order valence-electron chi connectivity index (χ4n) is 2.30. The number of hydrogen-bond donors (Lipinski definition) is 1. The quantitative estimate of drug-likeness (QED) is 0.778. The average Bonchev–Trinajstić information content (AvgIpc) is 2.19. The number of nitrogens with zero attached hydrogens (tertiary/aromatic N) is 1. The molecule has 1 fully saturated rings. The Morgan fingerprint density at radius 2 is 2.06 bits per heavy atom. The van der Waals surface area contributed by atoms with Gasteiger partial charge in [-0.15, -0.1) is 0 Å². The van der Waals surface area contributed by atoms with E-state index < -0.39 is 0 Å². The van der Waals surface area contributed by atoms with Gasteiger partial charge in [0.1, 0.15) is 0 Å². The van der Waals surface area contributed by atoms with Gasteiger partial charge in [0.05, 0.1) is 0 Å². The molecule has 0 unspecified atom stereocenters. The van der Waals surface area contributed by atoms with Crippen molar-refractivity contribution in [1.82, 2.24) is 10.2 Å². The third-order valence-corrected chi connectivity index (χ3v) is 3.25. The maximum Gasteiger partial charge on any atom is 0.225 e. The van der Waals surface area contributed by atoms with Crippen LogP contribution < -0.4 is 5.32 Å². The van der Waals surface area contributed by atoms with Crippen LogP contribution in [0.2, 0.25) is 0 Å². The van der Waals surface area contributed by atoms with Crippen molar-refractivity contribution in [3.63, 3.8) is 0 Å². The van der Waals surface area contributed by atoms with E-state index in [-0.39, 0.29) is 5.92 Å². The first-order valence-electron chi connectivity index (χ1n) is 6.56. The lowest BCUT2D eigenvalue weighted by Gasteiger charge is -2.35. The Morgan fingerprint density at radius 1 is 1.38 bits per heavy atom. The number of likely N-dealkylation sites (tertiary alicyclic amines) is 1. The monoisotopic (exact) mass is 226 g/mol. The molecule has 1 atom stereocenters. The predicted octanol–water partition coefficient (Wildman–Crippen LogP) is 2.02. The van der Waals surface area contributed by atoms with Gasteiger partial charge in [-0.2, -0.15) is 0 Å². The third kappa shape index (κ3) is 3.78. The molecule has 94 valence electrons. The molecule has 1 N–H and O–H groups in total. The van der Waals surface area contributed by atoms with Crippen LogP contribution in [0.5, 0.6) is 0 Å². The van der Waals surface area contributed by atoms with Gasteiger partial charge in [0.25, 0.3) is 0 Å². The van der Waals surface area contributed by atoms with Crippen LogP contribution in [0, 0.1) is 5.92 Å². The molecular formula is C13H26N2O. The highest BCUT2D eigenvalue weighted by atomic mass is 16.2. The maximum atomic E-state index is 12.1. The first-order valence-corrected chi connectivity index (χ1v) is 6.56. The summed E-state index contributed by atoms with van der Waals surface area (Å²) in [5.74, 6) is 0.620. The highest BCUT2D eigenvalue weighted by molar-refractivity contribution is 5.79. The van der Waals surface area contributed by atoms with E-state index in [0.29, 0.717) is 18.0 Å². The van der Waals surface area contributed by atoms with Crippen LogP contribution in [0.3, 0.4) is 0 Å². The molecule has 1 amide bonds. The summed E-state index contributed by atoms with van der Waals surface area (Å²) in [4.78, 5) is 14.2. The van der Waals surface area contributed by atoms with E-state index >= 15 is 0 Å². The fourth-order valence-corrected chi connectivity index (χ4v) is 2.30. The Labute approximate surface area is 99.6 Å². The van der Waals surface area contributed by atoms with Gasteiger partial charge in [-0.25, -0.2) is 0 Å². The smallest absolute Gasteiger partial charge is 0.225 e. The maximum absolute atomic E-state index is 12.1. The molecule has 0 spiro atoms. The largest absolute Gasteiger partial charge is 0.340 e. The van der Waals surface area contributed by atoms with Crippen LogP contribution >= 0.6 is 0 Å². The van der Waals surface area contributed by atoms with Gasteiger partial charge >= 0.3 is 0 Å². The van der Waals surface area contributed by atoms with Crippen molar-refractivity contribution in [2.75, 3.05) is 13.1 Å². The molecule has 0 aromatic heterocycles. The van der Waals surface area contributed by atoms with E-state index in [4.69, 9.17) is 0 Å². The summed E-state index contributed by atoms with van der Waals surface area (Å²) in [5, 5.41) is 3.39. The van der Waals surface area contributed by atoms with Gasteiger partial charge < -0.3 is 10.2 Å². The lowest BCUT2D eigenvalue weighted by molar-refractivity contribution is -0.140. The molecule has 1 rings (SSSR count). The van der Waals surface area contributed by atoms with E-state index in [9.17, 15) is 4.79 Å². The second-order valence-electron chi connectivity index (χ2n) is 5.36. The Bertz CT molecular complexity index is 226. The molecule has 0 radical (unpaired) electrons. The second kappa shape index (κ2) is 6.24. The minimum absolute atomic E-state index is 0.252. The Balaban J connectivity index is 2.38. The molecule has 3 heteroatoms. The number of hydrogen-bond acceptors (Lipinski definition) is 2. The summed E-state index contributed by atoms with van der Waals surface area (Å²) in [5.41, 5.74) is 0. The van der Waals surface area contributed by atoms with E-state index in [1.807, 2.05) is 4.90 Å². The third-order valence-electron chi connectivity index (χ3n) is 3.25. The SMILES string of the molecule is CC(C)NCC[C@H]1CCCN(C(C)C)C1=O. The van der Waals surface area contributed by atoms with Gasteiger partial charge in [-0.05, 0) is 39.7 Å². The van der Waals surface area contributed by atoms with E-state index in [1.165, 1.54) is 0 Å². The van der Waals surface area contributed by atoms with Crippen LogP contribution in [0.15, 0.2) is 0 Å². The minimum Gasteiger partial charge on any atom is -0.340 e. The number of carbonyl (C=O) groups is 1. The number of nitrogens with one attached hydrogen (secondary N) is 1. The topological polar surface area (TPSA) is 32.3 Å². The normalized spacial score (nSPS) is 22.2. The Kier molecular flexibility index (Phi) is 5.26. The summed E-state index contributed by atoms with van der Waals surface area (Å²) in [7, 11) is 0. The molecule has 1 aliphatic heterocycles. The first-order chi connectivity index (χ1) is 7.52. The van der Waals surface area contributed by atoms with E-state index in [2.05, 4.69) is 33.0 Å². The lowest BCUT2D eigenvalue weighted by atomic mass is 9.93. The van der Waals surface area contributed by atoms with Crippen molar-refractivity contribution in [1.29, 1.82) is 0 Å². The van der Waals surface area contributed by atoms with Crippen LogP contribution in [0.4, 0.5) is 0 Å². The summed E-state index contributed by atoms with van der Waals surface area (Å²) in [6, 6.07) is 0.869. The molecule has 1 aliphatic rings. The molecule has 1 heterocycles. The number of carbonyl (C=O) groups excluding carboxylic acids is 1. The molecular weight excluding hydrogens is 200 g/mol. The average molecular weight is 226 g/mol. The van der Waals surface area contributed by atoms with Crippen LogP contribution in [-0.4, -0.2) is 36.0 Å².